The SMILES string of the molecule is Cc1cccc(C(C)C)c1[N+](C)(C(=N)N)C(N)=O. The highest BCUT2D eigenvalue weighted by Crippen LogP contribution is 2.34. The predicted octanol–water partition coefficient (Wildman–Crippen LogP) is 2.03. The Morgan fingerprint density at radius 1 is 1.33 bits per heavy atom. The lowest BCUT2D eigenvalue weighted by Gasteiger charge is -2.30. The van der Waals surface area contributed by atoms with E-state index >= 15 is 0 Å². The summed E-state index contributed by atoms with van der Waals surface area (Å²) in [5.41, 5.74) is 13.6. The van der Waals surface area contributed by atoms with Gasteiger partial charge in [0.15, 0.2) is 5.69 Å². The van der Waals surface area contributed by atoms with E-state index in [0.29, 0.717) is 5.69 Å². The fraction of sp³-hybridized carbons (Fsp3) is 0.385. The number of nitrogens with zero attached hydrogens (tertiary/aromatic N) is 1. The van der Waals surface area contributed by atoms with Crippen LogP contribution in [0, 0.1) is 12.3 Å². The maximum absolute atomic E-state index is 11.8. The summed E-state index contributed by atoms with van der Waals surface area (Å²) in [5.74, 6) is -0.0604. The molecule has 5 N–H and O–H groups in total. The van der Waals surface area contributed by atoms with Crippen molar-refractivity contribution in [2.45, 2.75) is 26.7 Å². The summed E-state index contributed by atoms with van der Waals surface area (Å²) < 4.78 is -0.486. The third-order valence-corrected chi connectivity index (χ3v) is 3.26. The second kappa shape index (κ2) is 4.78. The van der Waals surface area contributed by atoms with Crippen molar-refractivity contribution in [2.75, 3.05) is 7.05 Å². The number of benzene rings is 1. The van der Waals surface area contributed by atoms with Gasteiger partial charge in [-0.15, -0.1) is 4.48 Å². The Morgan fingerprint density at radius 2 is 1.89 bits per heavy atom. The lowest BCUT2D eigenvalue weighted by molar-refractivity contribution is 0.234. The topological polar surface area (TPSA) is 93.0 Å². The number of rotatable bonds is 2. The van der Waals surface area contributed by atoms with Crippen LogP contribution in [0.1, 0.15) is 30.9 Å². The number of primary amides is 1. The van der Waals surface area contributed by atoms with Crippen molar-refractivity contribution in [1.29, 1.82) is 5.41 Å². The molecular formula is C13H21N4O+. The monoisotopic (exact) mass is 249 g/mol. The quantitative estimate of drug-likeness (QED) is 0.425. The molecule has 1 aromatic carbocycles. The first-order chi connectivity index (χ1) is 8.22. The molecule has 5 nitrogen and oxygen atoms in total. The minimum absolute atomic E-state index is 0.219. The first kappa shape index (κ1) is 14.2. The van der Waals surface area contributed by atoms with E-state index < -0.39 is 10.5 Å². The summed E-state index contributed by atoms with van der Waals surface area (Å²) in [4.78, 5) is 11.8. The maximum Gasteiger partial charge on any atom is 0.426 e. The highest BCUT2D eigenvalue weighted by atomic mass is 16.2. The molecule has 5 heteroatoms. The van der Waals surface area contributed by atoms with Gasteiger partial charge in [-0.1, -0.05) is 32.0 Å². The van der Waals surface area contributed by atoms with E-state index in [0.717, 1.165) is 11.1 Å². The van der Waals surface area contributed by atoms with Gasteiger partial charge in [0.25, 0.3) is 0 Å². The lowest BCUT2D eigenvalue weighted by Crippen LogP contribution is -2.61. The predicted molar refractivity (Wildman–Crippen MR) is 74.5 cm³/mol. The molecule has 0 saturated carbocycles. The molecular weight excluding hydrogens is 228 g/mol. The van der Waals surface area contributed by atoms with Crippen LogP contribution in [0.3, 0.4) is 0 Å². The Hall–Kier alpha value is -1.88. The molecule has 0 radical (unpaired) electrons. The maximum atomic E-state index is 11.8. The van der Waals surface area contributed by atoms with Crippen molar-refractivity contribution in [3.05, 3.63) is 29.3 Å². The normalized spacial score (nSPS) is 14.3. The highest BCUT2D eigenvalue weighted by Gasteiger charge is 2.40. The number of hydrogen-bond acceptors (Lipinski definition) is 2. The molecule has 0 fully saturated rings. The van der Waals surface area contributed by atoms with E-state index in [1.54, 1.807) is 7.05 Å². The number of aryl methyl sites for hydroxylation is 1. The Bertz CT molecular complexity index is 480. The Kier molecular flexibility index (Phi) is 3.76. The van der Waals surface area contributed by atoms with Crippen molar-refractivity contribution >= 4 is 17.7 Å². The van der Waals surface area contributed by atoms with Gasteiger partial charge in [0, 0.05) is 11.1 Å². The second-order valence-corrected chi connectivity index (χ2v) is 4.90. The van der Waals surface area contributed by atoms with Gasteiger partial charge in [0.05, 0.1) is 7.05 Å². The number of nitrogens with one attached hydrogen (secondary N) is 1. The summed E-state index contributed by atoms with van der Waals surface area (Å²) >= 11 is 0. The van der Waals surface area contributed by atoms with Crippen molar-refractivity contribution in [3.8, 4) is 0 Å². The molecule has 1 atom stereocenters. The number of carbonyl (C=O) groups excluding carboxylic acids is 1. The van der Waals surface area contributed by atoms with Crippen LogP contribution < -0.4 is 16.0 Å². The molecule has 1 aromatic rings. The molecule has 0 aliphatic carbocycles. The van der Waals surface area contributed by atoms with Crippen LogP contribution in [0.25, 0.3) is 0 Å². The summed E-state index contributed by atoms with van der Waals surface area (Å²) in [6, 6.07) is 5.11. The number of urea groups is 1. The van der Waals surface area contributed by atoms with E-state index in [4.69, 9.17) is 16.9 Å². The molecule has 18 heavy (non-hydrogen) atoms. The van der Waals surface area contributed by atoms with Gasteiger partial charge in [-0.05, 0) is 12.8 Å². The number of amides is 2. The molecule has 0 saturated heterocycles. The zero-order chi connectivity index (χ0) is 14.1. The third kappa shape index (κ3) is 2.09. The highest BCUT2D eigenvalue weighted by molar-refractivity contribution is 6.07. The minimum atomic E-state index is -0.654. The fourth-order valence-electron chi connectivity index (χ4n) is 2.11. The van der Waals surface area contributed by atoms with Crippen LogP contribution in [-0.4, -0.2) is 19.0 Å². The third-order valence-electron chi connectivity index (χ3n) is 3.26. The summed E-state index contributed by atoms with van der Waals surface area (Å²) in [7, 11) is 1.55. The Labute approximate surface area is 107 Å². The summed E-state index contributed by atoms with van der Waals surface area (Å²) in [6.07, 6.45) is 0. The number of carbonyl (C=O) groups is 1. The lowest BCUT2D eigenvalue weighted by atomic mass is 9.96. The van der Waals surface area contributed by atoms with Gasteiger partial charge in [-0.2, -0.15) is 0 Å². The fourth-order valence-corrected chi connectivity index (χ4v) is 2.11. The van der Waals surface area contributed by atoms with Gasteiger partial charge < -0.3 is 11.5 Å². The molecule has 98 valence electrons. The molecule has 0 aliphatic heterocycles. The van der Waals surface area contributed by atoms with Crippen molar-refractivity contribution in [3.63, 3.8) is 0 Å². The van der Waals surface area contributed by atoms with Crippen LogP contribution in [0.2, 0.25) is 0 Å². The van der Waals surface area contributed by atoms with E-state index in [1.165, 1.54) is 0 Å². The van der Waals surface area contributed by atoms with Crippen LogP contribution >= 0.6 is 0 Å². The van der Waals surface area contributed by atoms with Gasteiger partial charge in [0.1, 0.15) is 0 Å². The molecule has 1 unspecified atom stereocenters. The van der Waals surface area contributed by atoms with Gasteiger partial charge in [-0.3, -0.25) is 0 Å². The van der Waals surface area contributed by atoms with E-state index in [-0.39, 0.29) is 11.9 Å². The van der Waals surface area contributed by atoms with Crippen LogP contribution in [0.15, 0.2) is 18.2 Å². The van der Waals surface area contributed by atoms with Gasteiger partial charge >= 0.3 is 12.0 Å². The molecule has 1 rings (SSSR count). The summed E-state index contributed by atoms with van der Waals surface area (Å²) in [5, 5.41) is 7.70. The zero-order valence-electron chi connectivity index (χ0n) is 11.3. The average Bonchev–Trinajstić information content (AvgIpc) is 2.26. The molecule has 0 spiro atoms. The van der Waals surface area contributed by atoms with Crippen molar-refractivity contribution < 1.29 is 4.79 Å². The number of nitrogens with two attached hydrogens (primary N) is 2. The van der Waals surface area contributed by atoms with Crippen LogP contribution in [0.4, 0.5) is 10.5 Å². The molecule has 0 aromatic heterocycles. The van der Waals surface area contributed by atoms with Crippen LogP contribution in [-0.2, 0) is 0 Å². The first-order valence-corrected chi connectivity index (χ1v) is 5.84. The Morgan fingerprint density at radius 3 is 2.28 bits per heavy atom. The van der Waals surface area contributed by atoms with Gasteiger partial charge in [0.2, 0.25) is 0 Å². The smallest absolute Gasteiger partial charge is 0.337 e. The molecule has 0 bridgehead atoms. The number of guanidine groups is 1. The van der Waals surface area contributed by atoms with E-state index in [2.05, 4.69) is 0 Å². The second-order valence-electron chi connectivity index (χ2n) is 4.90. The average molecular weight is 249 g/mol. The van der Waals surface area contributed by atoms with Gasteiger partial charge in [-0.25, -0.2) is 10.2 Å². The molecule has 0 aliphatic rings. The van der Waals surface area contributed by atoms with E-state index in [9.17, 15) is 4.79 Å². The molecule has 2 amide bonds. The summed E-state index contributed by atoms with van der Waals surface area (Å²) in [6.45, 7) is 5.96. The van der Waals surface area contributed by atoms with Crippen molar-refractivity contribution in [1.82, 2.24) is 4.48 Å². The largest absolute Gasteiger partial charge is 0.426 e. The standard InChI is InChI=1S/C13H20N4O/c1-8(2)10-7-5-6-9(3)11(10)17(4,12(14)15)13(16)18/h5-8H,1-4H3,(H4-,14,15,16,18)/p+1. The Balaban J connectivity index is 3.66. The number of quaternary nitrogens is 1. The van der Waals surface area contributed by atoms with Crippen molar-refractivity contribution in [2.24, 2.45) is 11.5 Å². The number of para-hydroxylation sites is 1. The first-order valence-electron chi connectivity index (χ1n) is 5.84. The minimum Gasteiger partial charge on any atom is -0.337 e. The number of hydrogen-bond donors (Lipinski definition) is 3. The van der Waals surface area contributed by atoms with Crippen LogP contribution in [0.5, 0.6) is 0 Å². The zero-order valence-corrected chi connectivity index (χ0v) is 11.3. The molecule has 0 heterocycles. The van der Waals surface area contributed by atoms with E-state index in [1.807, 2.05) is 39.0 Å².